The van der Waals surface area contributed by atoms with Crippen LogP contribution in [0.2, 0.25) is 0 Å². The number of hydrogen-bond donors (Lipinski definition) is 1. The van der Waals surface area contributed by atoms with Gasteiger partial charge in [-0.2, -0.15) is 0 Å². The summed E-state index contributed by atoms with van der Waals surface area (Å²) in [6, 6.07) is 10.5. The first-order chi connectivity index (χ1) is 9.65. The van der Waals surface area contributed by atoms with Crippen molar-refractivity contribution in [2.24, 2.45) is 0 Å². The molecule has 1 aromatic carbocycles. The largest absolute Gasteiger partial charge is 0.464 e. The Morgan fingerprint density at radius 2 is 1.95 bits per heavy atom. The highest BCUT2D eigenvalue weighted by Crippen LogP contribution is 2.31. The molecule has 0 spiro atoms. The van der Waals surface area contributed by atoms with Gasteiger partial charge in [-0.25, -0.2) is 0 Å². The predicted octanol–water partition coefficient (Wildman–Crippen LogP) is 5.46. The zero-order chi connectivity index (χ0) is 14.5. The smallest absolute Gasteiger partial charge is 0.125 e. The van der Waals surface area contributed by atoms with Crippen LogP contribution in [-0.4, -0.2) is 6.54 Å². The van der Waals surface area contributed by atoms with Crippen molar-refractivity contribution in [3.05, 3.63) is 56.4 Å². The van der Waals surface area contributed by atoms with Gasteiger partial charge in [-0.15, -0.1) is 0 Å². The van der Waals surface area contributed by atoms with Gasteiger partial charge in [0.05, 0.1) is 6.04 Å². The fourth-order valence-corrected chi connectivity index (χ4v) is 3.40. The number of rotatable bonds is 6. The average Bonchev–Trinajstić information content (AvgIpc) is 2.90. The minimum absolute atomic E-state index is 0.0812. The molecule has 0 aliphatic carbocycles. The average molecular weight is 401 g/mol. The topological polar surface area (TPSA) is 25.2 Å². The summed E-state index contributed by atoms with van der Waals surface area (Å²) in [7, 11) is 0. The maximum absolute atomic E-state index is 5.94. The van der Waals surface area contributed by atoms with Crippen LogP contribution in [0.15, 0.2) is 43.7 Å². The van der Waals surface area contributed by atoms with Crippen molar-refractivity contribution in [2.45, 2.75) is 32.7 Å². The van der Waals surface area contributed by atoms with Crippen molar-refractivity contribution in [3.8, 4) is 0 Å². The van der Waals surface area contributed by atoms with Gasteiger partial charge in [0, 0.05) is 15.4 Å². The van der Waals surface area contributed by atoms with Gasteiger partial charge in [0.25, 0.3) is 0 Å². The predicted molar refractivity (Wildman–Crippen MR) is 90.1 cm³/mol. The molecule has 0 radical (unpaired) electrons. The Kier molecular flexibility index (Phi) is 5.87. The maximum atomic E-state index is 5.94. The van der Waals surface area contributed by atoms with Crippen LogP contribution in [0.1, 0.15) is 43.4 Å². The molecule has 0 amide bonds. The van der Waals surface area contributed by atoms with E-state index >= 15 is 0 Å². The number of halogens is 2. The summed E-state index contributed by atoms with van der Waals surface area (Å²) in [5, 5.41) is 3.56. The molecule has 2 nitrogen and oxygen atoms in total. The lowest BCUT2D eigenvalue weighted by molar-refractivity contribution is 0.421. The summed E-state index contributed by atoms with van der Waals surface area (Å²) < 4.78 is 8.08. The molecule has 1 heterocycles. The van der Waals surface area contributed by atoms with Gasteiger partial charge in [-0.05, 0) is 42.8 Å². The second-order valence-corrected chi connectivity index (χ2v) is 6.48. The third-order valence-corrected chi connectivity index (χ3v) is 4.37. The van der Waals surface area contributed by atoms with Gasteiger partial charge in [0.15, 0.2) is 0 Å². The quantitative estimate of drug-likeness (QED) is 0.696. The molecule has 1 atom stereocenters. The molecule has 0 bridgehead atoms. The van der Waals surface area contributed by atoms with Gasteiger partial charge in [-0.3, -0.25) is 0 Å². The highest BCUT2D eigenvalue weighted by Gasteiger charge is 2.19. The third-order valence-electron chi connectivity index (χ3n) is 3.19. The Bertz CT molecular complexity index is 565. The SMILES string of the molecule is CCCNC(c1ccc(CC)o1)c1ccc(Br)cc1Br. The highest BCUT2D eigenvalue weighted by atomic mass is 79.9. The minimum atomic E-state index is 0.0812. The molecule has 0 aliphatic heterocycles. The number of furan rings is 1. The summed E-state index contributed by atoms with van der Waals surface area (Å²) in [6.07, 6.45) is 2.01. The van der Waals surface area contributed by atoms with E-state index in [1.165, 1.54) is 5.56 Å². The maximum Gasteiger partial charge on any atom is 0.125 e. The minimum Gasteiger partial charge on any atom is -0.464 e. The third kappa shape index (κ3) is 3.74. The molecule has 0 saturated heterocycles. The fraction of sp³-hybridized carbons (Fsp3) is 0.375. The molecule has 4 heteroatoms. The first-order valence-electron chi connectivity index (χ1n) is 6.92. The Balaban J connectivity index is 2.35. The Morgan fingerprint density at radius 1 is 1.15 bits per heavy atom. The molecule has 0 saturated carbocycles. The van der Waals surface area contributed by atoms with Gasteiger partial charge in [-0.1, -0.05) is 51.8 Å². The van der Waals surface area contributed by atoms with Gasteiger partial charge in [0.1, 0.15) is 11.5 Å². The van der Waals surface area contributed by atoms with Crippen LogP contribution in [-0.2, 0) is 6.42 Å². The van der Waals surface area contributed by atoms with E-state index in [4.69, 9.17) is 4.42 Å². The van der Waals surface area contributed by atoms with E-state index in [9.17, 15) is 0 Å². The Morgan fingerprint density at radius 3 is 2.55 bits per heavy atom. The molecule has 1 aromatic heterocycles. The molecule has 1 N–H and O–H groups in total. The zero-order valence-corrected chi connectivity index (χ0v) is 14.9. The van der Waals surface area contributed by atoms with E-state index in [1.807, 2.05) is 0 Å². The van der Waals surface area contributed by atoms with Crippen LogP contribution in [0.25, 0.3) is 0 Å². The van der Waals surface area contributed by atoms with Crippen LogP contribution in [0.4, 0.5) is 0 Å². The van der Waals surface area contributed by atoms with Crippen molar-refractivity contribution < 1.29 is 4.42 Å². The van der Waals surface area contributed by atoms with E-state index in [-0.39, 0.29) is 6.04 Å². The van der Waals surface area contributed by atoms with E-state index in [0.29, 0.717) is 0 Å². The summed E-state index contributed by atoms with van der Waals surface area (Å²) >= 11 is 7.14. The van der Waals surface area contributed by atoms with E-state index < -0.39 is 0 Å². The fourth-order valence-electron chi connectivity index (χ4n) is 2.13. The molecule has 0 aliphatic rings. The number of benzene rings is 1. The van der Waals surface area contributed by atoms with Crippen LogP contribution in [0, 0.1) is 0 Å². The van der Waals surface area contributed by atoms with E-state index in [0.717, 1.165) is 39.9 Å². The van der Waals surface area contributed by atoms with Gasteiger partial charge in [0.2, 0.25) is 0 Å². The van der Waals surface area contributed by atoms with Crippen LogP contribution in [0.5, 0.6) is 0 Å². The number of aryl methyl sites for hydroxylation is 1. The van der Waals surface area contributed by atoms with Crippen molar-refractivity contribution in [3.63, 3.8) is 0 Å². The summed E-state index contributed by atoms with van der Waals surface area (Å²) in [5.74, 6) is 2.00. The number of hydrogen-bond acceptors (Lipinski definition) is 2. The van der Waals surface area contributed by atoms with Gasteiger partial charge >= 0.3 is 0 Å². The van der Waals surface area contributed by atoms with Gasteiger partial charge < -0.3 is 9.73 Å². The van der Waals surface area contributed by atoms with E-state index in [1.54, 1.807) is 0 Å². The summed E-state index contributed by atoms with van der Waals surface area (Å²) in [4.78, 5) is 0. The number of nitrogens with one attached hydrogen (secondary N) is 1. The molecule has 20 heavy (non-hydrogen) atoms. The Hall–Kier alpha value is -0.580. The normalized spacial score (nSPS) is 12.6. The highest BCUT2D eigenvalue weighted by molar-refractivity contribution is 9.11. The lowest BCUT2D eigenvalue weighted by Crippen LogP contribution is -2.23. The summed E-state index contributed by atoms with van der Waals surface area (Å²) in [5.41, 5.74) is 1.19. The first-order valence-corrected chi connectivity index (χ1v) is 8.51. The lowest BCUT2D eigenvalue weighted by atomic mass is 10.0. The zero-order valence-electron chi connectivity index (χ0n) is 11.7. The van der Waals surface area contributed by atoms with Crippen LogP contribution >= 0.6 is 31.9 Å². The van der Waals surface area contributed by atoms with Crippen LogP contribution in [0.3, 0.4) is 0 Å². The summed E-state index contributed by atoms with van der Waals surface area (Å²) in [6.45, 7) is 5.22. The first kappa shape index (κ1) is 15.8. The molecular weight excluding hydrogens is 382 g/mol. The van der Waals surface area contributed by atoms with Crippen molar-refractivity contribution in [2.75, 3.05) is 6.54 Å². The molecule has 108 valence electrons. The monoisotopic (exact) mass is 399 g/mol. The second kappa shape index (κ2) is 7.43. The Labute approximate surface area is 137 Å². The van der Waals surface area contributed by atoms with Crippen LogP contribution < -0.4 is 5.32 Å². The van der Waals surface area contributed by atoms with Crippen molar-refractivity contribution in [1.29, 1.82) is 0 Å². The molecule has 0 fully saturated rings. The molecule has 2 aromatic rings. The molecule has 1 unspecified atom stereocenters. The second-order valence-electron chi connectivity index (χ2n) is 4.71. The van der Waals surface area contributed by atoms with Crippen molar-refractivity contribution in [1.82, 2.24) is 5.32 Å². The standard InChI is InChI=1S/C16H19Br2NO/c1-3-9-19-16(15-8-6-12(4-2)20-15)13-7-5-11(17)10-14(13)18/h5-8,10,16,19H,3-4,9H2,1-2H3. The van der Waals surface area contributed by atoms with Crippen molar-refractivity contribution >= 4 is 31.9 Å². The molecular formula is C16H19Br2NO. The lowest BCUT2D eigenvalue weighted by Gasteiger charge is -2.18. The van der Waals surface area contributed by atoms with E-state index in [2.05, 4.69) is 81.4 Å². The molecule has 2 rings (SSSR count).